The fraction of sp³-hybridized carbons (Fsp3) is 0.0714. The van der Waals surface area contributed by atoms with Gasteiger partial charge in [-0.15, -0.1) is 0 Å². The molecule has 0 unspecified atom stereocenters. The lowest BCUT2D eigenvalue weighted by atomic mass is 10.2. The number of halogens is 2. The van der Waals surface area contributed by atoms with Crippen molar-refractivity contribution in [2.24, 2.45) is 0 Å². The molecule has 0 aliphatic carbocycles. The molecular weight excluding hydrogens is 264 g/mol. The third-order valence-electron chi connectivity index (χ3n) is 3.03. The summed E-state index contributed by atoms with van der Waals surface area (Å²) in [6.45, 7) is 0. The highest BCUT2D eigenvalue weighted by Gasteiger charge is 2.15. The molecule has 0 radical (unpaired) electrons. The predicted molar refractivity (Wildman–Crippen MR) is 72.0 cm³/mol. The van der Waals surface area contributed by atoms with Crippen molar-refractivity contribution in [2.45, 2.75) is 0 Å². The molecule has 0 spiro atoms. The average molecular weight is 275 g/mol. The first kappa shape index (κ1) is 12.4. The smallest absolute Gasteiger partial charge is 0.206 e. The quantitative estimate of drug-likeness (QED) is 0.782. The van der Waals surface area contributed by atoms with E-state index >= 15 is 0 Å². The number of nitrogen functional groups attached to an aromatic ring is 1. The molecule has 2 aromatic carbocycles. The topological polar surface area (TPSA) is 53.1 Å². The zero-order chi connectivity index (χ0) is 14.3. The lowest BCUT2D eigenvalue weighted by molar-refractivity contribution is 0.409. The normalized spacial score (nSPS) is 10.9. The number of anilines is 1. The largest absolute Gasteiger partial charge is 0.494 e. The number of nitrogens with zero attached hydrogens (tertiary/aromatic N) is 2. The summed E-state index contributed by atoms with van der Waals surface area (Å²) in [7, 11) is 1.42. The van der Waals surface area contributed by atoms with E-state index in [4.69, 9.17) is 10.5 Å². The number of hydrogen-bond donors (Lipinski definition) is 1. The van der Waals surface area contributed by atoms with Crippen molar-refractivity contribution in [3.05, 3.63) is 48.0 Å². The van der Waals surface area contributed by atoms with Crippen molar-refractivity contribution in [1.29, 1.82) is 0 Å². The number of aromatic nitrogens is 2. The molecule has 20 heavy (non-hydrogen) atoms. The van der Waals surface area contributed by atoms with Crippen LogP contribution in [0, 0.1) is 11.6 Å². The average Bonchev–Trinajstić information content (AvgIpc) is 2.74. The summed E-state index contributed by atoms with van der Waals surface area (Å²) in [5, 5.41) is 0. The van der Waals surface area contributed by atoms with Crippen LogP contribution in [0.25, 0.3) is 16.7 Å². The van der Waals surface area contributed by atoms with Crippen LogP contribution < -0.4 is 10.5 Å². The lowest BCUT2D eigenvalue weighted by Gasteiger charge is -2.11. The minimum Gasteiger partial charge on any atom is -0.494 e. The Bertz CT molecular complexity index is 798. The van der Waals surface area contributed by atoms with Crippen molar-refractivity contribution in [3.8, 4) is 11.4 Å². The van der Waals surface area contributed by atoms with Crippen LogP contribution in [0.1, 0.15) is 0 Å². The van der Waals surface area contributed by atoms with Crippen LogP contribution in [0.15, 0.2) is 36.4 Å². The first-order chi connectivity index (χ1) is 9.60. The monoisotopic (exact) mass is 275 g/mol. The van der Waals surface area contributed by atoms with Crippen LogP contribution in [-0.4, -0.2) is 16.7 Å². The number of rotatable bonds is 2. The summed E-state index contributed by atoms with van der Waals surface area (Å²) in [5.74, 6) is -0.365. The maximum atomic E-state index is 13.4. The number of ether oxygens (including phenoxy) is 1. The van der Waals surface area contributed by atoms with E-state index in [1.807, 2.05) is 0 Å². The van der Waals surface area contributed by atoms with Crippen LogP contribution >= 0.6 is 0 Å². The molecule has 2 N–H and O–H groups in total. The van der Waals surface area contributed by atoms with Crippen molar-refractivity contribution in [2.75, 3.05) is 12.8 Å². The third kappa shape index (κ3) is 1.85. The third-order valence-corrected chi connectivity index (χ3v) is 3.03. The zero-order valence-corrected chi connectivity index (χ0v) is 10.6. The molecule has 4 nitrogen and oxygen atoms in total. The fourth-order valence-electron chi connectivity index (χ4n) is 2.16. The van der Waals surface area contributed by atoms with Gasteiger partial charge in [0.2, 0.25) is 5.95 Å². The Morgan fingerprint density at radius 1 is 1.10 bits per heavy atom. The number of nitrogens with two attached hydrogens (primary N) is 1. The van der Waals surface area contributed by atoms with Gasteiger partial charge in [0.25, 0.3) is 0 Å². The minimum absolute atomic E-state index is 0.176. The highest BCUT2D eigenvalue weighted by molar-refractivity contribution is 5.81. The molecule has 0 aliphatic heterocycles. The van der Waals surface area contributed by atoms with Crippen molar-refractivity contribution in [1.82, 2.24) is 9.55 Å². The second kappa shape index (κ2) is 4.48. The lowest BCUT2D eigenvalue weighted by Crippen LogP contribution is -2.03. The minimum atomic E-state index is -0.431. The molecule has 1 aromatic heterocycles. The van der Waals surface area contributed by atoms with Gasteiger partial charge < -0.3 is 10.5 Å². The molecule has 0 amide bonds. The second-order valence-corrected chi connectivity index (χ2v) is 4.25. The SMILES string of the molecule is COc1cc(F)ccc1-n1c(N)nc2ccc(F)cc21. The molecule has 3 rings (SSSR count). The summed E-state index contributed by atoms with van der Waals surface area (Å²) in [5.41, 5.74) is 7.42. The number of imidazole rings is 1. The Balaban J connectivity index is 2.34. The van der Waals surface area contributed by atoms with Gasteiger partial charge in [0, 0.05) is 12.1 Å². The van der Waals surface area contributed by atoms with Crippen LogP contribution in [0.3, 0.4) is 0 Å². The summed E-state index contributed by atoms with van der Waals surface area (Å²) >= 11 is 0. The molecule has 0 fully saturated rings. The Morgan fingerprint density at radius 2 is 1.80 bits per heavy atom. The van der Waals surface area contributed by atoms with Crippen LogP contribution in [0.2, 0.25) is 0 Å². The van der Waals surface area contributed by atoms with E-state index in [-0.39, 0.29) is 5.95 Å². The van der Waals surface area contributed by atoms with Gasteiger partial charge >= 0.3 is 0 Å². The van der Waals surface area contributed by atoms with Gasteiger partial charge in [0.1, 0.15) is 17.4 Å². The molecule has 3 aromatic rings. The van der Waals surface area contributed by atoms with Gasteiger partial charge in [0.15, 0.2) is 0 Å². The van der Waals surface area contributed by atoms with E-state index in [1.165, 1.54) is 48.1 Å². The molecule has 0 bridgehead atoms. The van der Waals surface area contributed by atoms with Gasteiger partial charge in [-0.2, -0.15) is 0 Å². The maximum absolute atomic E-state index is 13.4. The van der Waals surface area contributed by atoms with Gasteiger partial charge in [-0.05, 0) is 24.3 Å². The summed E-state index contributed by atoms with van der Waals surface area (Å²) < 4.78 is 33.3. The summed E-state index contributed by atoms with van der Waals surface area (Å²) in [6.07, 6.45) is 0. The van der Waals surface area contributed by atoms with Crippen LogP contribution in [0.4, 0.5) is 14.7 Å². The Kier molecular flexibility index (Phi) is 2.78. The Labute approximate surface area is 113 Å². The number of hydrogen-bond acceptors (Lipinski definition) is 3. The van der Waals surface area contributed by atoms with Crippen molar-refractivity contribution in [3.63, 3.8) is 0 Å². The highest BCUT2D eigenvalue weighted by Crippen LogP contribution is 2.30. The van der Waals surface area contributed by atoms with Gasteiger partial charge in [-0.1, -0.05) is 0 Å². The molecule has 102 valence electrons. The van der Waals surface area contributed by atoms with Gasteiger partial charge in [-0.25, -0.2) is 13.8 Å². The first-order valence-corrected chi connectivity index (χ1v) is 5.87. The molecule has 1 heterocycles. The molecule has 0 aliphatic rings. The number of benzene rings is 2. The first-order valence-electron chi connectivity index (χ1n) is 5.87. The van der Waals surface area contributed by atoms with Crippen molar-refractivity contribution >= 4 is 17.0 Å². The zero-order valence-electron chi connectivity index (χ0n) is 10.6. The second-order valence-electron chi connectivity index (χ2n) is 4.25. The molecule has 0 saturated carbocycles. The van der Waals surface area contributed by atoms with Crippen LogP contribution in [-0.2, 0) is 0 Å². The Hall–Kier alpha value is -2.63. The predicted octanol–water partition coefficient (Wildman–Crippen LogP) is 2.89. The standard InChI is InChI=1S/C14H11F2N3O/c1-20-13-7-9(16)3-5-11(13)19-12-6-8(15)2-4-10(12)18-14(19)17/h2-7H,1H3,(H2,17,18). The molecule has 0 saturated heterocycles. The van der Waals surface area contributed by atoms with Crippen molar-refractivity contribution < 1.29 is 13.5 Å². The number of fused-ring (bicyclic) bond motifs is 1. The highest BCUT2D eigenvalue weighted by atomic mass is 19.1. The van der Waals surface area contributed by atoms with Gasteiger partial charge in [-0.3, -0.25) is 4.57 Å². The van der Waals surface area contributed by atoms with E-state index in [9.17, 15) is 8.78 Å². The van der Waals surface area contributed by atoms with E-state index in [0.29, 0.717) is 22.5 Å². The summed E-state index contributed by atoms with van der Waals surface area (Å²) in [4.78, 5) is 4.15. The molecule has 6 heteroatoms. The molecule has 0 atom stereocenters. The van der Waals surface area contributed by atoms with E-state index < -0.39 is 11.6 Å². The number of methoxy groups -OCH3 is 1. The molecular formula is C14H11F2N3O. The van der Waals surface area contributed by atoms with Gasteiger partial charge in [0.05, 0.1) is 23.8 Å². The van der Waals surface area contributed by atoms with Crippen LogP contribution in [0.5, 0.6) is 5.75 Å². The maximum Gasteiger partial charge on any atom is 0.206 e. The van der Waals surface area contributed by atoms with E-state index in [2.05, 4.69) is 4.98 Å². The van der Waals surface area contributed by atoms with E-state index in [1.54, 1.807) is 0 Å². The summed E-state index contributed by atoms with van der Waals surface area (Å²) in [6, 6.07) is 8.19. The Morgan fingerprint density at radius 3 is 2.55 bits per heavy atom. The van der Waals surface area contributed by atoms with E-state index in [0.717, 1.165) is 0 Å². The fourth-order valence-corrected chi connectivity index (χ4v) is 2.16.